The molecule has 0 aliphatic carbocycles. The molecule has 0 amide bonds. The maximum Gasteiger partial charge on any atom is 0.119 e. The Bertz CT molecular complexity index is 747. The highest BCUT2D eigenvalue weighted by atomic mass is 16.5. The molecule has 122 valence electrons. The van der Waals surface area contributed by atoms with Gasteiger partial charge >= 0.3 is 0 Å². The summed E-state index contributed by atoms with van der Waals surface area (Å²) >= 11 is 0. The number of ether oxygens (including phenoxy) is 2. The zero-order valence-corrected chi connectivity index (χ0v) is 14.2. The Morgan fingerprint density at radius 1 is 0.625 bits per heavy atom. The molecule has 0 atom stereocenters. The Morgan fingerprint density at radius 3 is 1.50 bits per heavy atom. The van der Waals surface area contributed by atoms with Gasteiger partial charge in [-0.05, 0) is 67.1 Å². The number of anilines is 3. The van der Waals surface area contributed by atoms with Crippen molar-refractivity contribution in [3.63, 3.8) is 0 Å². The molecule has 0 saturated carbocycles. The zero-order valence-electron chi connectivity index (χ0n) is 14.2. The summed E-state index contributed by atoms with van der Waals surface area (Å²) in [7, 11) is 3.36. The van der Waals surface area contributed by atoms with Crippen molar-refractivity contribution in [2.24, 2.45) is 0 Å². The number of para-hydroxylation sites is 1. The molecule has 0 saturated heterocycles. The Kier molecular flexibility index (Phi) is 4.71. The number of methoxy groups -OCH3 is 2. The third kappa shape index (κ3) is 3.20. The van der Waals surface area contributed by atoms with Gasteiger partial charge in [-0.2, -0.15) is 0 Å². The van der Waals surface area contributed by atoms with E-state index in [2.05, 4.69) is 60.4 Å². The van der Waals surface area contributed by atoms with Gasteiger partial charge in [0, 0.05) is 17.1 Å². The summed E-state index contributed by atoms with van der Waals surface area (Å²) in [4.78, 5) is 2.23. The van der Waals surface area contributed by atoms with Crippen LogP contribution in [0.4, 0.5) is 17.1 Å². The summed E-state index contributed by atoms with van der Waals surface area (Å²) in [5, 5.41) is 0. The van der Waals surface area contributed by atoms with Crippen LogP contribution >= 0.6 is 0 Å². The molecule has 0 aliphatic heterocycles. The fraction of sp³-hybridized carbons (Fsp3) is 0.143. The van der Waals surface area contributed by atoms with E-state index in [1.165, 1.54) is 5.56 Å². The summed E-state index contributed by atoms with van der Waals surface area (Å²) in [6.07, 6.45) is 0. The van der Waals surface area contributed by atoms with E-state index in [0.717, 1.165) is 28.6 Å². The van der Waals surface area contributed by atoms with E-state index in [1.54, 1.807) is 14.2 Å². The van der Waals surface area contributed by atoms with E-state index in [4.69, 9.17) is 9.47 Å². The summed E-state index contributed by atoms with van der Waals surface area (Å²) in [6, 6.07) is 24.5. The van der Waals surface area contributed by atoms with E-state index in [1.807, 2.05) is 24.3 Å². The Morgan fingerprint density at radius 2 is 1.08 bits per heavy atom. The van der Waals surface area contributed by atoms with Gasteiger partial charge in [0.05, 0.1) is 14.2 Å². The van der Waals surface area contributed by atoms with Crippen LogP contribution in [0.3, 0.4) is 0 Å². The van der Waals surface area contributed by atoms with Crippen molar-refractivity contribution < 1.29 is 9.47 Å². The molecule has 0 heterocycles. The van der Waals surface area contributed by atoms with Crippen molar-refractivity contribution in [2.45, 2.75) is 6.92 Å². The lowest BCUT2D eigenvalue weighted by molar-refractivity contribution is 0.415. The summed E-state index contributed by atoms with van der Waals surface area (Å²) < 4.78 is 10.6. The molecule has 0 aliphatic rings. The highest BCUT2D eigenvalue weighted by Gasteiger charge is 2.14. The van der Waals surface area contributed by atoms with Crippen LogP contribution in [0.2, 0.25) is 0 Å². The predicted molar refractivity (Wildman–Crippen MR) is 99.0 cm³/mol. The molecule has 0 N–H and O–H groups in total. The second-order valence-corrected chi connectivity index (χ2v) is 5.52. The van der Waals surface area contributed by atoms with Crippen LogP contribution in [0.1, 0.15) is 5.56 Å². The van der Waals surface area contributed by atoms with E-state index in [9.17, 15) is 0 Å². The summed E-state index contributed by atoms with van der Waals surface area (Å²) in [5.41, 5.74) is 4.52. The molecule has 0 bridgehead atoms. The molecule has 0 fully saturated rings. The van der Waals surface area contributed by atoms with Crippen molar-refractivity contribution in [1.29, 1.82) is 0 Å². The molecule has 0 radical (unpaired) electrons. The number of hydrogen-bond acceptors (Lipinski definition) is 3. The standard InChI is InChI=1S/C21H21NO2/c1-16-6-4-5-7-21(16)22(17-8-12-19(23-2)13-9-17)18-10-14-20(24-3)15-11-18/h4-15H,1-3H3. The van der Waals surface area contributed by atoms with Gasteiger partial charge in [0.2, 0.25) is 0 Å². The molecule has 3 aromatic rings. The Hall–Kier alpha value is -2.94. The van der Waals surface area contributed by atoms with Crippen LogP contribution in [-0.4, -0.2) is 14.2 Å². The summed E-state index contributed by atoms with van der Waals surface area (Å²) in [6.45, 7) is 2.12. The molecular formula is C21H21NO2. The zero-order chi connectivity index (χ0) is 16.9. The average molecular weight is 319 g/mol. The van der Waals surface area contributed by atoms with Crippen molar-refractivity contribution in [2.75, 3.05) is 19.1 Å². The Balaban J connectivity index is 2.10. The minimum Gasteiger partial charge on any atom is -0.497 e. The van der Waals surface area contributed by atoms with Crippen molar-refractivity contribution >= 4 is 17.1 Å². The molecule has 3 aromatic carbocycles. The highest BCUT2D eigenvalue weighted by molar-refractivity contribution is 5.78. The number of nitrogens with zero attached hydrogens (tertiary/aromatic N) is 1. The predicted octanol–water partition coefficient (Wildman–Crippen LogP) is 5.48. The van der Waals surface area contributed by atoms with E-state index in [0.29, 0.717) is 0 Å². The first-order valence-corrected chi connectivity index (χ1v) is 7.87. The fourth-order valence-electron chi connectivity index (χ4n) is 2.70. The average Bonchev–Trinajstić information content (AvgIpc) is 2.64. The molecule has 3 nitrogen and oxygen atoms in total. The fourth-order valence-corrected chi connectivity index (χ4v) is 2.70. The molecule has 0 aromatic heterocycles. The second-order valence-electron chi connectivity index (χ2n) is 5.52. The Labute approximate surface area is 143 Å². The minimum absolute atomic E-state index is 0.846. The van der Waals surface area contributed by atoms with Crippen molar-refractivity contribution in [3.8, 4) is 11.5 Å². The van der Waals surface area contributed by atoms with E-state index in [-0.39, 0.29) is 0 Å². The van der Waals surface area contributed by atoms with Gasteiger partial charge in [-0.3, -0.25) is 0 Å². The van der Waals surface area contributed by atoms with Crippen LogP contribution in [-0.2, 0) is 0 Å². The lowest BCUT2D eigenvalue weighted by Crippen LogP contribution is -2.11. The number of aryl methyl sites for hydroxylation is 1. The first kappa shape index (κ1) is 15.9. The highest BCUT2D eigenvalue weighted by Crippen LogP contribution is 2.37. The third-order valence-corrected chi connectivity index (χ3v) is 4.02. The molecule has 3 rings (SSSR count). The van der Waals surface area contributed by atoms with Gasteiger partial charge in [0.1, 0.15) is 11.5 Å². The maximum absolute atomic E-state index is 5.28. The topological polar surface area (TPSA) is 21.7 Å². The van der Waals surface area contributed by atoms with Gasteiger partial charge in [-0.15, -0.1) is 0 Å². The van der Waals surface area contributed by atoms with Crippen LogP contribution in [0.25, 0.3) is 0 Å². The molecule has 0 unspecified atom stereocenters. The lowest BCUT2D eigenvalue weighted by Gasteiger charge is -2.27. The molecule has 0 spiro atoms. The summed E-state index contributed by atoms with van der Waals surface area (Å²) in [5.74, 6) is 1.69. The van der Waals surface area contributed by atoms with E-state index >= 15 is 0 Å². The molecular weight excluding hydrogens is 298 g/mol. The minimum atomic E-state index is 0.846. The van der Waals surface area contributed by atoms with Gasteiger partial charge in [-0.1, -0.05) is 18.2 Å². The lowest BCUT2D eigenvalue weighted by atomic mass is 10.1. The maximum atomic E-state index is 5.28. The number of hydrogen-bond donors (Lipinski definition) is 0. The van der Waals surface area contributed by atoms with Gasteiger partial charge in [-0.25, -0.2) is 0 Å². The SMILES string of the molecule is COc1ccc(N(c2ccc(OC)cc2)c2ccccc2C)cc1. The smallest absolute Gasteiger partial charge is 0.119 e. The van der Waals surface area contributed by atoms with Crippen LogP contribution in [0.15, 0.2) is 72.8 Å². The van der Waals surface area contributed by atoms with Crippen LogP contribution in [0.5, 0.6) is 11.5 Å². The molecule has 3 heteroatoms. The van der Waals surface area contributed by atoms with E-state index < -0.39 is 0 Å². The van der Waals surface area contributed by atoms with Gasteiger partial charge in [0.25, 0.3) is 0 Å². The first-order valence-electron chi connectivity index (χ1n) is 7.87. The number of benzene rings is 3. The van der Waals surface area contributed by atoms with Gasteiger partial charge < -0.3 is 14.4 Å². The van der Waals surface area contributed by atoms with Crippen molar-refractivity contribution in [1.82, 2.24) is 0 Å². The largest absolute Gasteiger partial charge is 0.497 e. The van der Waals surface area contributed by atoms with Gasteiger partial charge in [0.15, 0.2) is 0 Å². The van der Waals surface area contributed by atoms with Crippen LogP contribution < -0.4 is 14.4 Å². The first-order chi connectivity index (χ1) is 11.7. The van der Waals surface area contributed by atoms with Crippen LogP contribution in [0, 0.1) is 6.92 Å². The normalized spacial score (nSPS) is 10.3. The molecule has 24 heavy (non-hydrogen) atoms. The quantitative estimate of drug-likeness (QED) is 0.621. The number of rotatable bonds is 5. The second kappa shape index (κ2) is 7.09. The van der Waals surface area contributed by atoms with Crippen molar-refractivity contribution in [3.05, 3.63) is 78.4 Å². The third-order valence-electron chi connectivity index (χ3n) is 4.02. The monoisotopic (exact) mass is 319 g/mol.